The van der Waals surface area contributed by atoms with Gasteiger partial charge in [-0.2, -0.15) is 0 Å². The second kappa shape index (κ2) is 4.72. The van der Waals surface area contributed by atoms with E-state index in [-0.39, 0.29) is 11.3 Å². The maximum absolute atomic E-state index is 13.7. The lowest BCUT2D eigenvalue weighted by atomic mass is 10.1. The average molecular weight is 251 g/mol. The Labute approximate surface area is 103 Å². The summed E-state index contributed by atoms with van der Waals surface area (Å²) in [6.45, 7) is 2.97. The molecular weight excluding hydrogens is 239 g/mol. The summed E-state index contributed by atoms with van der Waals surface area (Å²) in [5, 5.41) is 2.77. The van der Waals surface area contributed by atoms with Gasteiger partial charge in [0.25, 0.3) is 0 Å². The molecular formula is C14H12F3N. The van der Waals surface area contributed by atoms with Crippen LogP contribution in [0.3, 0.4) is 0 Å². The highest BCUT2D eigenvalue weighted by Crippen LogP contribution is 2.30. The largest absolute Gasteiger partial charge is 0.353 e. The summed E-state index contributed by atoms with van der Waals surface area (Å²) >= 11 is 0. The van der Waals surface area contributed by atoms with Crippen molar-refractivity contribution in [2.45, 2.75) is 13.8 Å². The standard InChI is InChI=1S/C14H12F3N/c1-8-9(2)14(13(17)12(16)11(8)15)18-10-6-4-3-5-7-10/h3-7,18H,1-2H3. The SMILES string of the molecule is Cc1c(C)c(Nc2ccccc2)c(F)c(F)c1F. The highest BCUT2D eigenvalue weighted by molar-refractivity contribution is 5.65. The van der Waals surface area contributed by atoms with Crippen LogP contribution in [-0.2, 0) is 0 Å². The van der Waals surface area contributed by atoms with Crippen molar-refractivity contribution < 1.29 is 13.2 Å². The van der Waals surface area contributed by atoms with Gasteiger partial charge in [0.2, 0.25) is 0 Å². The lowest BCUT2D eigenvalue weighted by Crippen LogP contribution is -2.05. The minimum absolute atomic E-state index is 0.0300. The van der Waals surface area contributed by atoms with Crippen LogP contribution in [0.1, 0.15) is 11.1 Å². The Bertz CT molecular complexity index is 550. The molecule has 1 N–H and O–H groups in total. The van der Waals surface area contributed by atoms with Gasteiger partial charge in [-0.15, -0.1) is 0 Å². The fourth-order valence-electron chi connectivity index (χ4n) is 1.70. The van der Waals surface area contributed by atoms with E-state index in [0.29, 0.717) is 11.3 Å². The van der Waals surface area contributed by atoms with E-state index < -0.39 is 17.5 Å². The number of hydrogen-bond donors (Lipinski definition) is 1. The minimum atomic E-state index is -1.45. The van der Waals surface area contributed by atoms with Gasteiger partial charge < -0.3 is 5.32 Å². The van der Waals surface area contributed by atoms with Gasteiger partial charge in [-0.05, 0) is 37.1 Å². The van der Waals surface area contributed by atoms with E-state index in [9.17, 15) is 13.2 Å². The van der Waals surface area contributed by atoms with Crippen LogP contribution in [0.15, 0.2) is 30.3 Å². The summed E-state index contributed by atoms with van der Waals surface area (Å²) in [5.41, 5.74) is 1.05. The molecule has 1 nitrogen and oxygen atoms in total. The van der Waals surface area contributed by atoms with Crippen LogP contribution >= 0.6 is 0 Å². The lowest BCUT2D eigenvalue weighted by Gasteiger charge is -2.14. The summed E-state index contributed by atoms with van der Waals surface area (Å²) in [5.74, 6) is -3.78. The summed E-state index contributed by atoms with van der Waals surface area (Å²) in [6, 6.07) is 8.78. The Morgan fingerprint density at radius 2 is 1.39 bits per heavy atom. The molecule has 94 valence electrons. The molecule has 4 heteroatoms. The van der Waals surface area contributed by atoms with Crippen molar-refractivity contribution in [2.75, 3.05) is 5.32 Å². The van der Waals surface area contributed by atoms with Gasteiger partial charge in [-0.25, -0.2) is 13.2 Å². The van der Waals surface area contributed by atoms with Gasteiger partial charge in [0.15, 0.2) is 17.5 Å². The summed E-state index contributed by atoms with van der Waals surface area (Å²) in [6.07, 6.45) is 0. The van der Waals surface area contributed by atoms with Gasteiger partial charge in [-0.1, -0.05) is 18.2 Å². The van der Waals surface area contributed by atoms with E-state index in [1.807, 2.05) is 6.07 Å². The first-order valence-corrected chi connectivity index (χ1v) is 5.48. The summed E-state index contributed by atoms with van der Waals surface area (Å²) < 4.78 is 40.4. The van der Waals surface area contributed by atoms with E-state index >= 15 is 0 Å². The molecule has 0 unspecified atom stereocenters. The van der Waals surface area contributed by atoms with Gasteiger partial charge in [0.1, 0.15) is 0 Å². The van der Waals surface area contributed by atoms with Crippen LogP contribution in [0.2, 0.25) is 0 Å². The van der Waals surface area contributed by atoms with Crippen molar-refractivity contribution >= 4 is 11.4 Å². The smallest absolute Gasteiger partial charge is 0.196 e. The lowest BCUT2D eigenvalue weighted by molar-refractivity contribution is 0.444. The number of nitrogens with one attached hydrogen (secondary N) is 1. The number of rotatable bonds is 2. The number of benzene rings is 2. The Morgan fingerprint density at radius 3 is 2.00 bits per heavy atom. The van der Waals surface area contributed by atoms with Crippen LogP contribution in [0, 0.1) is 31.3 Å². The van der Waals surface area contributed by atoms with Gasteiger partial charge >= 0.3 is 0 Å². The average Bonchev–Trinajstić information content (AvgIpc) is 2.40. The fourth-order valence-corrected chi connectivity index (χ4v) is 1.70. The van der Waals surface area contributed by atoms with Crippen LogP contribution < -0.4 is 5.32 Å². The third-order valence-electron chi connectivity index (χ3n) is 2.91. The van der Waals surface area contributed by atoms with Crippen LogP contribution in [0.5, 0.6) is 0 Å². The molecule has 0 aromatic heterocycles. The van der Waals surface area contributed by atoms with Gasteiger partial charge in [-0.3, -0.25) is 0 Å². The highest BCUT2D eigenvalue weighted by Gasteiger charge is 2.20. The molecule has 0 aliphatic carbocycles. The summed E-state index contributed by atoms with van der Waals surface area (Å²) in [4.78, 5) is 0. The molecule has 0 spiro atoms. The number of anilines is 2. The highest BCUT2D eigenvalue weighted by atomic mass is 19.2. The summed E-state index contributed by atoms with van der Waals surface area (Å²) in [7, 11) is 0. The molecule has 18 heavy (non-hydrogen) atoms. The zero-order valence-electron chi connectivity index (χ0n) is 10.0. The molecule has 0 saturated carbocycles. The van der Waals surface area contributed by atoms with Crippen molar-refractivity contribution in [1.29, 1.82) is 0 Å². The Hall–Kier alpha value is -1.97. The fraction of sp³-hybridized carbons (Fsp3) is 0.143. The molecule has 0 atom stereocenters. The van der Waals surface area contributed by atoms with Gasteiger partial charge in [0.05, 0.1) is 5.69 Å². The molecule has 0 heterocycles. The monoisotopic (exact) mass is 251 g/mol. The van der Waals surface area contributed by atoms with Crippen LogP contribution in [-0.4, -0.2) is 0 Å². The van der Waals surface area contributed by atoms with Crippen molar-refractivity contribution in [1.82, 2.24) is 0 Å². The molecule has 0 radical (unpaired) electrons. The second-order valence-corrected chi connectivity index (χ2v) is 4.06. The van der Waals surface area contributed by atoms with E-state index in [2.05, 4.69) is 5.32 Å². The van der Waals surface area contributed by atoms with E-state index in [0.717, 1.165) is 0 Å². The molecule has 0 fully saturated rings. The maximum Gasteiger partial charge on any atom is 0.196 e. The third kappa shape index (κ3) is 2.06. The van der Waals surface area contributed by atoms with Crippen molar-refractivity contribution in [3.63, 3.8) is 0 Å². The van der Waals surface area contributed by atoms with Crippen LogP contribution in [0.4, 0.5) is 24.5 Å². The first kappa shape index (κ1) is 12.5. The normalized spacial score (nSPS) is 10.5. The third-order valence-corrected chi connectivity index (χ3v) is 2.91. The predicted octanol–water partition coefficient (Wildman–Crippen LogP) is 4.46. The number of para-hydroxylation sites is 1. The Balaban J connectivity index is 2.52. The van der Waals surface area contributed by atoms with E-state index in [4.69, 9.17) is 0 Å². The molecule has 2 rings (SSSR count). The Kier molecular flexibility index (Phi) is 3.28. The van der Waals surface area contributed by atoms with Crippen molar-refractivity contribution in [3.8, 4) is 0 Å². The van der Waals surface area contributed by atoms with E-state index in [1.54, 1.807) is 31.2 Å². The first-order chi connectivity index (χ1) is 8.52. The number of halogens is 3. The van der Waals surface area contributed by atoms with Crippen molar-refractivity contribution in [3.05, 3.63) is 58.9 Å². The van der Waals surface area contributed by atoms with Crippen LogP contribution in [0.25, 0.3) is 0 Å². The first-order valence-electron chi connectivity index (χ1n) is 5.48. The minimum Gasteiger partial charge on any atom is -0.353 e. The second-order valence-electron chi connectivity index (χ2n) is 4.06. The zero-order chi connectivity index (χ0) is 13.3. The topological polar surface area (TPSA) is 12.0 Å². The molecule has 0 saturated heterocycles. The molecule has 0 amide bonds. The van der Waals surface area contributed by atoms with E-state index in [1.165, 1.54) is 6.92 Å². The number of hydrogen-bond acceptors (Lipinski definition) is 1. The molecule has 0 aliphatic rings. The predicted molar refractivity (Wildman–Crippen MR) is 65.5 cm³/mol. The van der Waals surface area contributed by atoms with Gasteiger partial charge in [0, 0.05) is 5.69 Å². The van der Waals surface area contributed by atoms with Crippen molar-refractivity contribution in [2.24, 2.45) is 0 Å². The molecule has 2 aromatic carbocycles. The quantitative estimate of drug-likeness (QED) is 0.777. The maximum atomic E-state index is 13.7. The zero-order valence-corrected chi connectivity index (χ0v) is 10.0. The molecule has 0 bridgehead atoms. The Morgan fingerprint density at radius 1 is 0.778 bits per heavy atom. The molecule has 0 aliphatic heterocycles. The molecule has 2 aromatic rings.